The van der Waals surface area contributed by atoms with E-state index in [1.807, 2.05) is 39.0 Å². The third-order valence-electron chi connectivity index (χ3n) is 2.57. The van der Waals surface area contributed by atoms with Crippen molar-refractivity contribution >= 4 is 17.3 Å². The van der Waals surface area contributed by atoms with E-state index in [9.17, 15) is 4.79 Å². The van der Waals surface area contributed by atoms with Crippen molar-refractivity contribution in [3.8, 4) is 0 Å². The highest BCUT2D eigenvalue weighted by atomic mass is 16.6. The first-order valence-electron chi connectivity index (χ1n) is 5.73. The Labute approximate surface area is 101 Å². The number of hydrogen-bond acceptors (Lipinski definition) is 4. The van der Waals surface area contributed by atoms with Crippen molar-refractivity contribution < 1.29 is 9.53 Å². The monoisotopic (exact) mass is 234 g/mol. The van der Waals surface area contributed by atoms with Crippen LogP contribution in [-0.4, -0.2) is 17.6 Å². The van der Waals surface area contributed by atoms with E-state index in [2.05, 4.69) is 5.32 Å². The molecular weight excluding hydrogens is 216 g/mol. The molecule has 0 radical (unpaired) electrons. The Morgan fingerprint density at radius 1 is 1.47 bits per heavy atom. The van der Waals surface area contributed by atoms with Gasteiger partial charge in [0.15, 0.2) is 0 Å². The number of nitrogens with one attached hydrogen (secondary N) is 1. The lowest BCUT2D eigenvalue weighted by Crippen LogP contribution is -2.35. The van der Waals surface area contributed by atoms with Crippen LogP contribution in [0.15, 0.2) is 18.2 Å². The molecule has 0 aromatic heterocycles. The molecule has 17 heavy (non-hydrogen) atoms. The third-order valence-corrected chi connectivity index (χ3v) is 2.57. The molecule has 4 heteroatoms. The molecule has 1 atom stereocenters. The van der Waals surface area contributed by atoms with E-state index in [1.54, 1.807) is 0 Å². The van der Waals surface area contributed by atoms with Crippen molar-refractivity contribution in [2.45, 2.75) is 38.8 Å². The van der Waals surface area contributed by atoms with Gasteiger partial charge in [-0.3, -0.25) is 0 Å². The summed E-state index contributed by atoms with van der Waals surface area (Å²) in [5.74, 6) is -0.215. The molecule has 0 saturated carbocycles. The molecular formula is C13H18N2O2. The van der Waals surface area contributed by atoms with Crippen LogP contribution in [0.4, 0.5) is 11.4 Å². The maximum absolute atomic E-state index is 11.9. The first kappa shape index (κ1) is 11.8. The summed E-state index contributed by atoms with van der Waals surface area (Å²) in [6, 6.07) is 5.32. The first-order chi connectivity index (χ1) is 7.85. The Morgan fingerprint density at radius 2 is 2.18 bits per heavy atom. The third kappa shape index (κ3) is 2.70. The van der Waals surface area contributed by atoms with Gasteiger partial charge in [0.2, 0.25) is 0 Å². The Balaban J connectivity index is 2.07. The van der Waals surface area contributed by atoms with Gasteiger partial charge >= 0.3 is 5.97 Å². The highest BCUT2D eigenvalue weighted by molar-refractivity contribution is 5.83. The lowest BCUT2D eigenvalue weighted by atomic mass is 10.1. The minimum Gasteiger partial charge on any atom is -0.458 e. The van der Waals surface area contributed by atoms with Gasteiger partial charge in [0.05, 0.1) is 0 Å². The minimum atomic E-state index is -0.452. The lowest BCUT2D eigenvalue weighted by Gasteiger charge is -2.22. The van der Waals surface area contributed by atoms with E-state index in [0.29, 0.717) is 6.42 Å². The molecule has 0 aliphatic carbocycles. The molecule has 0 saturated heterocycles. The molecule has 1 aliphatic heterocycles. The topological polar surface area (TPSA) is 64.3 Å². The van der Waals surface area contributed by atoms with Crippen LogP contribution in [0.2, 0.25) is 0 Å². The Kier molecular flexibility index (Phi) is 2.73. The molecule has 1 aromatic rings. The van der Waals surface area contributed by atoms with Gasteiger partial charge in [-0.25, -0.2) is 4.79 Å². The predicted molar refractivity (Wildman–Crippen MR) is 67.8 cm³/mol. The van der Waals surface area contributed by atoms with Crippen molar-refractivity contribution in [1.29, 1.82) is 0 Å². The Hall–Kier alpha value is -1.71. The van der Waals surface area contributed by atoms with Gasteiger partial charge in [-0.2, -0.15) is 0 Å². The molecule has 2 rings (SSSR count). The van der Waals surface area contributed by atoms with Crippen molar-refractivity contribution in [3.05, 3.63) is 23.8 Å². The lowest BCUT2D eigenvalue weighted by molar-refractivity contribution is -0.155. The second kappa shape index (κ2) is 3.95. The highest BCUT2D eigenvalue weighted by Gasteiger charge is 2.30. The number of fused-ring (bicyclic) bond motifs is 1. The average Bonchev–Trinajstić information content (AvgIpc) is 2.57. The summed E-state index contributed by atoms with van der Waals surface area (Å²) in [7, 11) is 0. The maximum atomic E-state index is 11.9. The zero-order valence-corrected chi connectivity index (χ0v) is 10.4. The zero-order chi connectivity index (χ0) is 12.6. The molecule has 0 fully saturated rings. The van der Waals surface area contributed by atoms with Gasteiger partial charge in [0.1, 0.15) is 11.6 Å². The first-order valence-corrected chi connectivity index (χ1v) is 5.73. The normalized spacial score (nSPS) is 18.4. The molecule has 0 spiro atoms. The van der Waals surface area contributed by atoms with Crippen LogP contribution in [0.1, 0.15) is 26.3 Å². The number of carbonyl (C=O) groups excluding carboxylic acids is 1. The van der Waals surface area contributed by atoms with Crippen LogP contribution in [0.25, 0.3) is 0 Å². The van der Waals surface area contributed by atoms with Crippen LogP contribution < -0.4 is 11.1 Å². The molecule has 3 N–H and O–H groups in total. The van der Waals surface area contributed by atoms with Crippen LogP contribution in [0, 0.1) is 0 Å². The van der Waals surface area contributed by atoms with Gasteiger partial charge in [-0.05, 0) is 44.5 Å². The van der Waals surface area contributed by atoms with Gasteiger partial charge in [0.25, 0.3) is 0 Å². The number of ether oxygens (including phenoxy) is 1. The zero-order valence-electron chi connectivity index (χ0n) is 10.4. The number of anilines is 2. The number of carbonyl (C=O) groups is 1. The Morgan fingerprint density at radius 3 is 2.82 bits per heavy atom. The molecule has 1 aliphatic rings. The summed E-state index contributed by atoms with van der Waals surface area (Å²) in [5, 5.41) is 3.15. The summed E-state index contributed by atoms with van der Waals surface area (Å²) in [6.45, 7) is 5.60. The minimum absolute atomic E-state index is 0.215. The van der Waals surface area contributed by atoms with E-state index in [0.717, 1.165) is 16.9 Å². The fourth-order valence-electron chi connectivity index (χ4n) is 1.90. The number of hydrogen-bond donors (Lipinski definition) is 2. The summed E-state index contributed by atoms with van der Waals surface area (Å²) in [6.07, 6.45) is 0.634. The molecule has 1 heterocycles. The maximum Gasteiger partial charge on any atom is 0.329 e. The number of rotatable bonds is 1. The average molecular weight is 234 g/mol. The van der Waals surface area contributed by atoms with E-state index in [4.69, 9.17) is 10.5 Å². The fraction of sp³-hybridized carbons (Fsp3) is 0.462. The van der Waals surface area contributed by atoms with Crippen LogP contribution in [0.3, 0.4) is 0 Å². The van der Waals surface area contributed by atoms with E-state index in [-0.39, 0.29) is 12.0 Å². The number of nitrogen functional groups attached to an aromatic ring is 1. The number of esters is 1. The highest BCUT2D eigenvalue weighted by Crippen LogP contribution is 2.28. The van der Waals surface area contributed by atoms with E-state index in [1.165, 1.54) is 0 Å². The van der Waals surface area contributed by atoms with Gasteiger partial charge in [0, 0.05) is 17.8 Å². The van der Waals surface area contributed by atoms with Crippen molar-refractivity contribution in [2.24, 2.45) is 0 Å². The van der Waals surface area contributed by atoms with Crippen molar-refractivity contribution in [1.82, 2.24) is 0 Å². The molecule has 0 amide bonds. The summed E-state index contributed by atoms with van der Waals surface area (Å²) < 4.78 is 5.35. The summed E-state index contributed by atoms with van der Waals surface area (Å²) >= 11 is 0. The van der Waals surface area contributed by atoms with Gasteiger partial charge in [-0.1, -0.05) is 0 Å². The standard InChI is InChI=1S/C13H18N2O2/c1-13(2,3)17-12(16)11-7-8-6-9(14)4-5-10(8)15-11/h4-6,11,15H,7,14H2,1-3H3. The van der Waals surface area contributed by atoms with Gasteiger partial charge < -0.3 is 15.8 Å². The Bertz CT molecular complexity index is 449. The van der Waals surface area contributed by atoms with Crippen molar-refractivity contribution in [3.63, 3.8) is 0 Å². The fourth-order valence-corrected chi connectivity index (χ4v) is 1.90. The van der Waals surface area contributed by atoms with Crippen molar-refractivity contribution in [2.75, 3.05) is 11.1 Å². The van der Waals surface area contributed by atoms with Crippen LogP contribution in [-0.2, 0) is 16.0 Å². The van der Waals surface area contributed by atoms with Crippen LogP contribution in [0.5, 0.6) is 0 Å². The number of nitrogens with two attached hydrogens (primary N) is 1. The molecule has 92 valence electrons. The second-order valence-electron chi connectivity index (χ2n) is 5.35. The van der Waals surface area contributed by atoms with E-state index >= 15 is 0 Å². The SMILES string of the molecule is CC(C)(C)OC(=O)C1Cc2cc(N)ccc2N1. The van der Waals surface area contributed by atoms with E-state index < -0.39 is 5.60 Å². The molecule has 4 nitrogen and oxygen atoms in total. The molecule has 1 aromatic carbocycles. The summed E-state index contributed by atoms with van der Waals surface area (Å²) in [5.41, 5.74) is 8.01. The van der Waals surface area contributed by atoms with Crippen LogP contribution >= 0.6 is 0 Å². The quantitative estimate of drug-likeness (QED) is 0.576. The molecule has 0 bridgehead atoms. The smallest absolute Gasteiger partial charge is 0.329 e. The summed E-state index contributed by atoms with van der Waals surface area (Å²) in [4.78, 5) is 11.9. The van der Waals surface area contributed by atoms with Gasteiger partial charge in [-0.15, -0.1) is 0 Å². The largest absolute Gasteiger partial charge is 0.458 e. The second-order valence-corrected chi connectivity index (χ2v) is 5.35. The predicted octanol–water partition coefficient (Wildman–Crippen LogP) is 1.95. The number of benzene rings is 1. The molecule has 1 unspecified atom stereocenters.